The summed E-state index contributed by atoms with van der Waals surface area (Å²) >= 11 is 0. The van der Waals surface area contributed by atoms with E-state index in [0.29, 0.717) is 0 Å². The second-order valence-corrected chi connectivity index (χ2v) is 5.35. The van der Waals surface area contributed by atoms with E-state index < -0.39 is 0 Å². The number of aromatic nitrogens is 2. The first-order valence-electron chi connectivity index (χ1n) is 7.52. The monoisotopic (exact) mass is 300 g/mol. The molecular formula is C17H24N4O. The van der Waals surface area contributed by atoms with Crippen LogP contribution in [-0.4, -0.2) is 30.2 Å². The van der Waals surface area contributed by atoms with Gasteiger partial charge in [0.05, 0.1) is 0 Å². The molecule has 2 rings (SSSR count). The molecule has 0 aliphatic carbocycles. The van der Waals surface area contributed by atoms with Crippen LogP contribution in [0.1, 0.15) is 23.4 Å². The first-order chi connectivity index (χ1) is 10.6. The third-order valence-electron chi connectivity index (χ3n) is 3.40. The van der Waals surface area contributed by atoms with Gasteiger partial charge in [0, 0.05) is 32.0 Å². The highest BCUT2D eigenvalue weighted by atomic mass is 16.5. The van der Waals surface area contributed by atoms with E-state index in [2.05, 4.69) is 52.6 Å². The Morgan fingerprint density at radius 3 is 2.41 bits per heavy atom. The van der Waals surface area contributed by atoms with Crippen molar-refractivity contribution in [1.29, 1.82) is 0 Å². The Morgan fingerprint density at radius 1 is 1.05 bits per heavy atom. The van der Waals surface area contributed by atoms with E-state index in [0.717, 1.165) is 42.7 Å². The molecule has 118 valence electrons. The molecule has 0 radical (unpaired) electrons. The number of nitrogens with one attached hydrogen (secondary N) is 2. The Balaban J connectivity index is 2.12. The summed E-state index contributed by atoms with van der Waals surface area (Å²) in [4.78, 5) is 8.88. The minimum Gasteiger partial charge on any atom is -0.385 e. The Bertz CT molecular complexity index is 608. The molecule has 2 aromatic rings. The molecule has 0 aliphatic rings. The maximum absolute atomic E-state index is 5.05. The highest BCUT2D eigenvalue weighted by Crippen LogP contribution is 2.24. The van der Waals surface area contributed by atoms with Crippen molar-refractivity contribution in [3.05, 3.63) is 41.2 Å². The molecule has 0 saturated heterocycles. The lowest BCUT2D eigenvalue weighted by molar-refractivity contribution is 0.198. The van der Waals surface area contributed by atoms with E-state index in [-0.39, 0.29) is 0 Å². The fraction of sp³-hybridized carbons (Fsp3) is 0.412. The molecule has 5 heteroatoms. The van der Waals surface area contributed by atoms with Crippen LogP contribution in [0.25, 0.3) is 0 Å². The van der Waals surface area contributed by atoms with Gasteiger partial charge in [0.15, 0.2) is 0 Å². The van der Waals surface area contributed by atoms with Crippen molar-refractivity contribution in [2.45, 2.75) is 27.2 Å². The lowest BCUT2D eigenvalue weighted by Gasteiger charge is -2.13. The van der Waals surface area contributed by atoms with Gasteiger partial charge in [-0.3, -0.25) is 0 Å². The van der Waals surface area contributed by atoms with Gasteiger partial charge < -0.3 is 15.4 Å². The van der Waals surface area contributed by atoms with Gasteiger partial charge in [-0.2, -0.15) is 0 Å². The van der Waals surface area contributed by atoms with Crippen LogP contribution in [0.15, 0.2) is 24.3 Å². The molecule has 22 heavy (non-hydrogen) atoms. The van der Waals surface area contributed by atoms with Crippen LogP contribution < -0.4 is 10.6 Å². The first kappa shape index (κ1) is 16.2. The normalized spacial score (nSPS) is 10.5. The highest BCUT2D eigenvalue weighted by molar-refractivity contribution is 5.65. The summed E-state index contributed by atoms with van der Waals surface area (Å²) in [7, 11) is 1.71. The van der Waals surface area contributed by atoms with Gasteiger partial charge in [0.2, 0.25) is 0 Å². The third-order valence-corrected chi connectivity index (χ3v) is 3.40. The van der Waals surface area contributed by atoms with Crippen LogP contribution >= 0.6 is 0 Å². The molecule has 0 amide bonds. The van der Waals surface area contributed by atoms with Crippen molar-refractivity contribution in [3.63, 3.8) is 0 Å². The average Bonchev–Trinajstić information content (AvgIpc) is 2.47. The van der Waals surface area contributed by atoms with Crippen molar-refractivity contribution in [1.82, 2.24) is 9.97 Å². The molecule has 0 unspecified atom stereocenters. The van der Waals surface area contributed by atoms with Gasteiger partial charge in [-0.05, 0) is 38.3 Å². The summed E-state index contributed by atoms with van der Waals surface area (Å²) < 4.78 is 5.05. The molecule has 1 heterocycles. The van der Waals surface area contributed by atoms with Crippen molar-refractivity contribution in [2.24, 2.45) is 0 Å². The Morgan fingerprint density at radius 2 is 1.73 bits per heavy atom. The zero-order valence-electron chi connectivity index (χ0n) is 13.7. The SMILES string of the molecule is COCCCNc1cc(Nc2c(C)cccc2C)nc(C)n1. The predicted octanol–water partition coefficient (Wildman–Crippen LogP) is 3.59. The van der Waals surface area contributed by atoms with E-state index in [9.17, 15) is 0 Å². The number of rotatable bonds is 7. The van der Waals surface area contributed by atoms with E-state index >= 15 is 0 Å². The summed E-state index contributed by atoms with van der Waals surface area (Å²) in [6.07, 6.45) is 0.944. The molecule has 0 spiro atoms. The largest absolute Gasteiger partial charge is 0.385 e. The fourth-order valence-electron chi connectivity index (χ4n) is 2.29. The quantitative estimate of drug-likeness (QED) is 0.765. The lowest BCUT2D eigenvalue weighted by Crippen LogP contribution is -2.08. The average molecular weight is 300 g/mol. The van der Waals surface area contributed by atoms with Gasteiger partial charge in [0.1, 0.15) is 17.5 Å². The minimum absolute atomic E-state index is 0.741. The van der Waals surface area contributed by atoms with Gasteiger partial charge >= 0.3 is 0 Å². The zero-order valence-corrected chi connectivity index (χ0v) is 13.7. The van der Waals surface area contributed by atoms with Gasteiger partial charge in [0.25, 0.3) is 0 Å². The number of methoxy groups -OCH3 is 1. The van der Waals surface area contributed by atoms with Crippen LogP contribution in [0, 0.1) is 20.8 Å². The van der Waals surface area contributed by atoms with Crippen LogP contribution in [0.5, 0.6) is 0 Å². The second kappa shape index (κ2) is 7.75. The number of nitrogens with zero attached hydrogens (tertiary/aromatic N) is 2. The zero-order chi connectivity index (χ0) is 15.9. The second-order valence-electron chi connectivity index (χ2n) is 5.35. The number of anilines is 3. The van der Waals surface area contributed by atoms with Crippen LogP contribution in [-0.2, 0) is 4.74 Å². The number of ether oxygens (including phenoxy) is 1. The van der Waals surface area contributed by atoms with Gasteiger partial charge in [-0.15, -0.1) is 0 Å². The highest BCUT2D eigenvalue weighted by Gasteiger charge is 2.06. The summed E-state index contributed by atoms with van der Waals surface area (Å²) in [5, 5.41) is 6.71. The molecular weight excluding hydrogens is 276 g/mol. The smallest absolute Gasteiger partial charge is 0.136 e. The van der Waals surface area contributed by atoms with Crippen molar-refractivity contribution < 1.29 is 4.74 Å². The lowest BCUT2D eigenvalue weighted by atomic mass is 10.1. The third kappa shape index (κ3) is 4.43. The molecule has 0 atom stereocenters. The summed E-state index contributed by atoms with van der Waals surface area (Å²) in [5.41, 5.74) is 3.50. The summed E-state index contributed by atoms with van der Waals surface area (Å²) in [6, 6.07) is 8.18. The van der Waals surface area contributed by atoms with E-state index in [1.165, 1.54) is 11.1 Å². The standard InChI is InChI=1S/C17H24N4O/c1-12-7-5-8-13(2)17(12)21-16-11-15(19-14(3)20-16)18-9-6-10-22-4/h5,7-8,11H,6,9-10H2,1-4H3,(H2,18,19,20,21). The fourth-order valence-corrected chi connectivity index (χ4v) is 2.29. The van der Waals surface area contributed by atoms with Crippen LogP contribution in [0.4, 0.5) is 17.3 Å². The van der Waals surface area contributed by atoms with E-state index in [1.54, 1.807) is 7.11 Å². The Kier molecular flexibility index (Phi) is 5.72. The molecule has 1 aromatic heterocycles. The molecule has 0 saturated carbocycles. The van der Waals surface area contributed by atoms with E-state index in [1.807, 2.05) is 13.0 Å². The van der Waals surface area contributed by atoms with E-state index in [4.69, 9.17) is 4.74 Å². The molecule has 0 aliphatic heterocycles. The number of hydrogen-bond donors (Lipinski definition) is 2. The maximum Gasteiger partial charge on any atom is 0.136 e. The van der Waals surface area contributed by atoms with Crippen LogP contribution in [0.3, 0.4) is 0 Å². The first-order valence-corrected chi connectivity index (χ1v) is 7.52. The van der Waals surface area contributed by atoms with Crippen molar-refractivity contribution >= 4 is 17.3 Å². The molecule has 0 fully saturated rings. The minimum atomic E-state index is 0.741. The number of benzene rings is 1. The van der Waals surface area contributed by atoms with Crippen LogP contribution in [0.2, 0.25) is 0 Å². The summed E-state index contributed by atoms with van der Waals surface area (Å²) in [5.74, 6) is 2.38. The maximum atomic E-state index is 5.05. The molecule has 0 bridgehead atoms. The number of para-hydroxylation sites is 1. The number of hydrogen-bond acceptors (Lipinski definition) is 5. The Labute approximate surface area is 132 Å². The topological polar surface area (TPSA) is 59.1 Å². The van der Waals surface area contributed by atoms with Gasteiger partial charge in [-0.1, -0.05) is 18.2 Å². The van der Waals surface area contributed by atoms with Crippen molar-refractivity contribution in [3.8, 4) is 0 Å². The molecule has 2 N–H and O–H groups in total. The molecule has 5 nitrogen and oxygen atoms in total. The number of aryl methyl sites for hydroxylation is 3. The molecule has 1 aromatic carbocycles. The Hall–Kier alpha value is -2.14. The predicted molar refractivity (Wildman–Crippen MR) is 91.0 cm³/mol. The van der Waals surface area contributed by atoms with Crippen molar-refractivity contribution in [2.75, 3.05) is 30.9 Å². The summed E-state index contributed by atoms with van der Waals surface area (Å²) in [6.45, 7) is 7.65. The van der Waals surface area contributed by atoms with Gasteiger partial charge in [-0.25, -0.2) is 9.97 Å².